The van der Waals surface area contributed by atoms with Gasteiger partial charge in [-0.25, -0.2) is 4.79 Å². The van der Waals surface area contributed by atoms with Crippen molar-refractivity contribution in [3.63, 3.8) is 0 Å². The largest absolute Gasteiger partial charge is 0.479 e. The van der Waals surface area contributed by atoms with Crippen LogP contribution < -0.4 is 0 Å². The van der Waals surface area contributed by atoms with Crippen molar-refractivity contribution in [3.8, 4) is 0 Å². The van der Waals surface area contributed by atoms with Crippen LogP contribution >= 0.6 is 23.4 Å². The Kier molecular flexibility index (Phi) is 6.30. The van der Waals surface area contributed by atoms with Crippen LogP contribution in [-0.4, -0.2) is 63.5 Å². The number of ether oxygens (including phenoxy) is 1. The third-order valence-corrected chi connectivity index (χ3v) is 7.23. The van der Waals surface area contributed by atoms with E-state index in [-0.39, 0.29) is 17.2 Å². The highest BCUT2D eigenvalue weighted by Crippen LogP contribution is 2.44. The molecule has 1 N–H and O–H groups in total. The standard InChI is InChI=1S/C18H25ClN2O4S/c1-10(9-19)14(18(23)24)21-16(22)13-17(21)26-15(20-13)11-5-3-4-6-12(25-2)8-7-11/h11-14,17H,1,3-9H2,2H3,(H,23,24). The van der Waals surface area contributed by atoms with Gasteiger partial charge in [-0.2, -0.15) is 0 Å². The number of aliphatic carboxylic acids is 1. The van der Waals surface area contributed by atoms with Gasteiger partial charge in [0.1, 0.15) is 5.37 Å². The highest BCUT2D eigenvalue weighted by atomic mass is 35.5. The maximum Gasteiger partial charge on any atom is 0.330 e. The minimum Gasteiger partial charge on any atom is -0.479 e. The molecule has 5 atom stereocenters. The van der Waals surface area contributed by atoms with Gasteiger partial charge in [0.15, 0.2) is 12.1 Å². The van der Waals surface area contributed by atoms with Crippen LogP contribution in [0.1, 0.15) is 38.5 Å². The summed E-state index contributed by atoms with van der Waals surface area (Å²) >= 11 is 7.31. The molecule has 1 amide bonds. The molecule has 26 heavy (non-hydrogen) atoms. The van der Waals surface area contributed by atoms with E-state index in [2.05, 4.69) is 11.6 Å². The summed E-state index contributed by atoms with van der Waals surface area (Å²) in [5, 5.41) is 10.3. The molecule has 0 radical (unpaired) electrons. The number of rotatable bonds is 6. The number of alkyl halides is 1. The number of β-lactam (4-membered cyclic amide) rings is 1. The predicted molar refractivity (Wildman–Crippen MR) is 103 cm³/mol. The lowest BCUT2D eigenvalue weighted by molar-refractivity contribution is -0.157. The first kappa shape index (κ1) is 19.7. The van der Waals surface area contributed by atoms with Crippen LogP contribution in [0.2, 0.25) is 0 Å². The molecule has 0 aromatic carbocycles. The maximum atomic E-state index is 12.5. The second-order valence-electron chi connectivity index (χ2n) is 7.12. The van der Waals surface area contributed by atoms with E-state index in [1.165, 1.54) is 4.90 Å². The highest BCUT2D eigenvalue weighted by Gasteiger charge is 2.57. The Morgan fingerprint density at radius 2 is 2.15 bits per heavy atom. The summed E-state index contributed by atoms with van der Waals surface area (Å²) in [5.74, 6) is -0.989. The number of amides is 1. The minimum atomic E-state index is -1.09. The molecule has 144 valence electrons. The first-order valence-electron chi connectivity index (χ1n) is 9.03. The fourth-order valence-corrected chi connectivity index (χ4v) is 5.60. The lowest BCUT2D eigenvalue weighted by atomic mass is 9.90. The molecule has 6 nitrogen and oxygen atoms in total. The summed E-state index contributed by atoms with van der Waals surface area (Å²) in [6.45, 7) is 3.73. The number of aliphatic imine (C=N–C) groups is 1. The molecule has 2 aliphatic heterocycles. The van der Waals surface area contributed by atoms with Gasteiger partial charge in [-0.05, 0) is 31.3 Å². The van der Waals surface area contributed by atoms with Crippen LogP contribution in [-0.2, 0) is 14.3 Å². The molecule has 0 aromatic rings. The van der Waals surface area contributed by atoms with Crippen molar-refractivity contribution < 1.29 is 19.4 Å². The van der Waals surface area contributed by atoms with Crippen LogP contribution in [0, 0.1) is 5.92 Å². The fourth-order valence-electron chi connectivity index (χ4n) is 3.96. The number of carbonyl (C=O) groups excluding carboxylic acids is 1. The van der Waals surface area contributed by atoms with E-state index >= 15 is 0 Å². The quantitative estimate of drug-likeness (QED) is 0.421. The van der Waals surface area contributed by atoms with Gasteiger partial charge in [-0.1, -0.05) is 31.2 Å². The Labute approximate surface area is 163 Å². The number of thioether (sulfide) groups is 1. The number of nitrogens with zero attached hydrogens (tertiary/aromatic N) is 2. The van der Waals surface area contributed by atoms with Crippen molar-refractivity contribution in [2.45, 2.75) is 62.1 Å². The zero-order valence-corrected chi connectivity index (χ0v) is 16.5. The summed E-state index contributed by atoms with van der Waals surface area (Å²) < 4.78 is 5.53. The van der Waals surface area contributed by atoms with Gasteiger partial charge >= 0.3 is 5.97 Å². The van der Waals surface area contributed by atoms with E-state index < -0.39 is 18.1 Å². The van der Waals surface area contributed by atoms with E-state index in [0.29, 0.717) is 17.6 Å². The molecule has 1 aliphatic carbocycles. The topological polar surface area (TPSA) is 79.2 Å². The Morgan fingerprint density at radius 1 is 1.42 bits per heavy atom. The van der Waals surface area contributed by atoms with Gasteiger partial charge in [-0.15, -0.1) is 11.6 Å². The van der Waals surface area contributed by atoms with E-state index in [1.807, 2.05) is 0 Å². The van der Waals surface area contributed by atoms with E-state index in [9.17, 15) is 14.7 Å². The zero-order chi connectivity index (χ0) is 18.8. The number of hydrogen-bond donors (Lipinski definition) is 1. The average Bonchev–Trinajstić information content (AvgIpc) is 2.99. The number of halogens is 1. The molecule has 5 unspecified atom stereocenters. The van der Waals surface area contributed by atoms with Crippen molar-refractivity contribution in [1.82, 2.24) is 4.90 Å². The van der Waals surface area contributed by atoms with Crippen molar-refractivity contribution in [1.29, 1.82) is 0 Å². The third-order valence-electron chi connectivity index (χ3n) is 5.48. The second-order valence-corrected chi connectivity index (χ2v) is 8.52. The Balaban J connectivity index is 1.69. The van der Waals surface area contributed by atoms with Gasteiger partial charge in [-0.3, -0.25) is 9.79 Å². The molecule has 2 fully saturated rings. The average molecular weight is 401 g/mol. The van der Waals surface area contributed by atoms with Crippen molar-refractivity contribution >= 4 is 40.3 Å². The molecule has 0 spiro atoms. The van der Waals surface area contributed by atoms with Crippen molar-refractivity contribution in [3.05, 3.63) is 12.2 Å². The number of carboxylic acids is 1. The summed E-state index contributed by atoms with van der Waals surface area (Å²) in [4.78, 5) is 30.2. The van der Waals surface area contributed by atoms with Crippen LogP contribution in [0.4, 0.5) is 0 Å². The summed E-state index contributed by atoms with van der Waals surface area (Å²) in [7, 11) is 1.76. The van der Waals surface area contributed by atoms with Crippen LogP contribution in [0.15, 0.2) is 17.1 Å². The molecule has 3 aliphatic rings. The molecule has 0 bridgehead atoms. The van der Waals surface area contributed by atoms with Gasteiger partial charge in [0.25, 0.3) is 5.91 Å². The zero-order valence-electron chi connectivity index (χ0n) is 14.9. The second kappa shape index (κ2) is 8.31. The molecule has 1 saturated heterocycles. The van der Waals surface area contributed by atoms with Crippen LogP contribution in [0.3, 0.4) is 0 Å². The fraction of sp³-hybridized carbons (Fsp3) is 0.722. The summed E-state index contributed by atoms with van der Waals surface area (Å²) in [6, 6.07) is -1.53. The van der Waals surface area contributed by atoms with Gasteiger partial charge in [0.05, 0.1) is 11.1 Å². The monoisotopic (exact) mass is 400 g/mol. The molecule has 8 heteroatoms. The number of carboxylic acid groups (broad SMARTS) is 1. The summed E-state index contributed by atoms with van der Waals surface area (Å²) in [6.07, 6.45) is 6.71. The predicted octanol–water partition coefficient (Wildman–Crippen LogP) is 2.90. The van der Waals surface area contributed by atoms with Crippen molar-refractivity contribution in [2.24, 2.45) is 10.9 Å². The number of likely N-dealkylation sites (tertiary alicyclic amines) is 1. The van der Waals surface area contributed by atoms with Crippen LogP contribution in [0.25, 0.3) is 0 Å². The number of fused-ring (bicyclic) bond motifs is 1. The Bertz CT molecular complexity index is 626. The lowest BCUT2D eigenvalue weighted by Gasteiger charge is -2.44. The third kappa shape index (κ3) is 3.66. The Morgan fingerprint density at radius 3 is 2.81 bits per heavy atom. The molecular formula is C18H25ClN2O4S. The van der Waals surface area contributed by atoms with E-state index in [1.54, 1.807) is 18.9 Å². The highest BCUT2D eigenvalue weighted by molar-refractivity contribution is 8.14. The normalized spacial score (nSPS) is 32.8. The van der Waals surface area contributed by atoms with Gasteiger partial charge in [0, 0.05) is 18.9 Å². The summed E-state index contributed by atoms with van der Waals surface area (Å²) in [5.41, 5.74) is 0.328. The molecular weight excluding hydrogens is 376 g/mol. The van der Waals surface area contributed by atoms with Crippen LogP contribution in [0.5, 0.6) is 0 Å². The first-order chi connectivity index (χ1) is 12.5. The van der Waals surface area contributed by atoms with Gasteiger partial charge in [0.2, 0.25) is 0 Å². The molecule has 2 heterocycles. The lowest BCUT2D eigenvalue weighted by Crippen LogP contribution is -2.66. The molecule has 1 saturated carbocycles. The maximum absolute atomic E-state index is 12.5. The van der Waals surface area contributed by atoms with Crippen molar-refractivity contribution in [2.75, 3.05) is 13.0 Å². The molecule has 0 aromatic heterocycles. The molecule has 3 rings (SSSR count). The van der Waals surface area contributed by atoms with E-state index in [0.717, 1.165) is 43.6 Å². The smallest absolute Gasteiger partial charge is 0.330 e. The van der Waals surface area contributed by atoms with Gasteiger partial charge < -0.3 is 14.7 Å². The number of hydrogen-bond acceptors (Lipinski definition) is 5. The number of methoxy groups -OCH3 is 1. The Hall–Kier alpha value is -1.05. The van der Waals surface area contributed by atoms with E-state index in [4.69, 9.17) is 16.3 Å². The number of carbonyl (C=O) groups is 2. The first-order valence-corrected chi connectivity index (χ1v) is 10.4. The minimum absolute atomic E-state index is 0.0115. The SMILES string of the molecule is C=C(CCl)C(C(=O)O)N1C(=O)C2N=C(C3CCCCC(OC)CC3)SC21.